The molecule has 0 unspecified atom stereocenters. The normalized spacial score (nSPS) is 10.7. The fourth-order valence-electron chi connectivity index (χ4n) is 2.02. The van der Waals surface area contributed by atoms with E-state index in [-0.39, 0.29) is 5.56 Å². The molecule has 2 N–H and O–H groups in total. The lowest BCUT2D eigenvalue weighted by Crippen LogP contribution is -2.10. The summed E-state index contributed by atoms with van der Waals surface area (Å²) in [5.74, 6) is -1.74. The Morgan fingerprint density at radius 1 is 1.19 bits per heavy atom. The molecule has 0 saturated heterocycles. The van der Waals surface area contributed by atoms with Crippen molar-refractivity contribution in [1.29, 1.82) is 0 Å². The van der Waals surface area contributed by atoms with Crippen molar-refractivity contribution >= 4 is 17.3 Å². The van der Waals surface area contributed by atoms with E-state index in [9.17, 15) is 9.18 Å². The minimum Gasteiger partial charge on any atom is -0.478 e. The van der Waals surface area contributed by atoms with Crippen LogP contribution in [0.5, 0.6) is 0 Å². The molecule has 2 aromatic rings. The molecule has 0 amide bonds. The molecule has 0 aromatic heterocycles. The van der Waals surface area contributed by atoms with Crippen molar-refractivity contribution in [2.24, 2.45) is 0 Å². The minimum atomic E-state index is -1.17. The second-order valence-corrected chi connectivity index (χ2v) is 5.05. The number of rotatable bonds is 5. The summed E-state index contributed by atoms with van der Waals surface area (Å²) in [6.07, 6.45) is 0. The number of hydrogen-bond acceptors (Lipinski definition) is 3. The van der Waals surface area contributed by atoms with Crippen molar-refractivity contribution < 1.29 is 14.3 Å². The molecule has 0 radical (unpaired) electrons. The third-order valence-electron chi connectivity index (χ3n) is 2.94. The number of carboxylic acids is 1. The van der Waals surface area contributed by atoms with Crippen LogP contribution in [-0.4, -0.2) is 30.1 Å². The van der Waals surface area contributed by atoms with Crippen LogP contribution in [0.1, 0.15) is 15.9 Å². The number of nitrogens with one attached hydrogen (secondary N) is 1. The number of carboxylic acid groups (broad SMARTS) is 1. The average molecular weight is 288 g/mol. The van der Waals surface area contributed by atoms with Gasteiger partial charge in [0.25, 0.3) is 0 Å². The van der Waals surface area contributed by atoms with Crippen LogP contribution in [0, 0.1) is 5.82 Å². The van der Waals surface area contributed by atoms with Crippen LogP contribution in [0.3, 0.4) is 0 Å². The van der Waals surface area contributed by atoms with E-state index < -0.39 is 11.8 Å². The van der Waals surface area contributed by atoms with Gasteiger partial charge < -0.3 is 15.3 Å². The zero-order valence-electron chi connectivity index (χ0n) is 11.9. The summed E-state index contributed by atoms with van der Waals surface area (Å²) in [5.41, 5.74) is 2.19. The zero-order chi connectivity index (χ0) is 15.4. The first-order valence-electron chi connectivity index (χ1n) is 6.49. The fourth-order valence-corrected chi connectivity index (χ4v) is 2.02. The van der Waals surface area contributed by atoms with Crippen molar-refractivity contribution in [2.45, 2.75) is 6.54 Å². The van der Waals surface area contributed by atoms with Gasteiger partial charge in [-0.3, -0.25) is 0 Å². The topological polar surface area (TPSA) is 52.6 Å². The van der Waals surface area contributed by atoms with Gasteiger partial charge in [-0.05, 0) is 50.0 Å². The molecule has 21 heavy (non-hydrogen) atoms. The lowest BCUT2D eigenvalue weighted by atomic mass is 10.1. The van der Waals surface area contributed by atoms with Gasteiger partial charge in [-0.1, -0.05) is 12.1 Å². The second kappa shape index (κ2) is 6.37. The minimum absolute atomic E-state index is 0.0904. The van der Waals surface area contributed by atoms with Crippen LogP contribution in [0.4, 0.5) is 15.8 Å². The van der Waals surface area contributed by atoms with Crippen LogP contribution in [-0.2, 0) is 6.54 Å². The molecule has 0 bridgehead atoms. The summed E-state index contributed by atoms with van der Waals surface area (Å²) in [6.45, 7) is 0.831. The van der Waals surface area contributed by atoms with Gasteiger partial charge in [-0.2, -0.15) is 0 Å². The molecule has 0 spiro atoms. The van der Waals surface area contributed by atoms with Gasteiger partial charge in [-0.15, -0.1) is 0 Å². The van der Waals surface area contributed by atoms with E-state index in [1.807, 2.05) is 38.4 Å². The summed E-state index contributed by atoms with van der Waals surface area (Å²) in [4.78, 5) is 13.2. The predicted molar refractivity (Wildman–Crippen MR) is 80.5 cm³/mol. The van der Waals surface area contributed by atoms with Crippen LogP contribution in [0.2, 0.25) is 0 Å². The Kier molecular flexibility index (Phi) is 4.55. The van der Waals surface area contributed by atoms with Gasteiger partial charge in [0.15, 0.2) is 0 Å². The SMILES string of the molecule is CN(C)Cc1ccc(Nc2ccc(F)cc2C(=O)O)cc1. The molecule has 0 atom stereocenters. The van der Waals surface area contributed by atoms with Gasteiger partial charge in [0.05, 0.1) is 11.3 Å². The van der Waals surface area contributed by atoms with Crippen molar-refractivity contribution in [1.82, 2.24) is 4.90 Å². The molecule has 0 aliphatic heterocycles. The molecule has 5 heteroatoms. The van der Waals surface area contributed by atoms with Crippen molar-refractivity contribution in [3.8, 4) is 0 Å². The Morgan fingerprint density at radius 3 is 2.43 bits per heavy atom. The third kappa shape index (κ3) is 4.03. The summed E-state index contributed by atoms with van der Waals surface area (Å²) < 4.78 is 13.1. The number of aromatic carboxylic acids is 1. The number of halogens is 1. The van der Waals surface area contributed by atoms with Crippen LogP contribution in [0.25, 0.3) is 0 Å². The maximum absolute atomic E-state index is 13.1. The van der Waals surface area contributed by atoms with E-state index in [4.69, 9.17) is 5.11 Å². The van der Waals surface area contributed by atoms with E-state index in [0.29, 0.717) is 5.69 Å². The second-order valence-electron chi connectivity index (χ2n) is 5.05. The monoisotopic (exact) mass is 288 g/mol. The maximum Gasteiger partial charge on any atom is 0.337 e. The third-order valence-corrected chi connectivity index (χ3v) is 2.94. The number of hydrogen-bond donors (Lipinski definition) is 2. The smallest absolute Gasteiger partial charge is 0.337 e. The highest BCUT2D eigenvalue weighted by Crippen LogP contribution is 2.22. The van der Waals surface area contributed by atoms with E-state index in [1.165, 1.54) is 12.1 Å². The lowest BCUT2D eigenvalue weighted by Gasteiger charge is -2.12. The van der Waals surface area contributed by atoms with Crippen molar-refractivity contribution in [3.63, 3.8) is 0 Å². The quantitative estimate of drug-likeness (QED) is 0.886. The molecule has 0 heterocycles. The van der Waals surface area contributed by atoms with Crippen LogP contribution >= 0.6 is 0 Å². The van der Waals surface area contributed by atoms with Gasteiger partial charge >= 0.3 is 5.97 Å². The molecule has 2 rings (SSSR count). The highest BCUT2D eigenvalue weighted by atomic mass is 19.1. The highest BCUT2D eigenvalue weighted by Gasteiger charge is 2.11. The van der Waals surface area contributed by atoms with Gasteiger partial charge in [0, 0.05) is 12.2 Å². The average Bonchev–Trinajstić information content (AvgIpc) is 2.42. The van der Waals surface area contributed by atoms with Crippen molar-refractivity contribution in [2.75, 3.05) is 19.4 Å². The van der Waals surface area contributed by atoms with Gasteiger partial charge in [0.2, 0.25) is 0 Å². The lowest BCUT2D eigenvalue weighted by molar-refractivity contribution is 0.0697. The molecule has 0 aliphatic rings. The number of anilines is 2. The molecule has 0 aliphatic carbocycles. The predicted octanol–water partition coefficient (Wildman–Crippen LogP) is 3.33. The Balaban J connectivity index is 2.20. The Labute approximate surface area is 122 Å². The first kappa shape index (κ1) is 15.0. The zero-order valence-corrected chi connectivity index (χ0v) is 11.9. The van der Waals surface area contributed by atoms with Crippen LogP contribution < -0.4 is 5.32 Å². The Bertz CT molecular complexity index is 639. The van der Waals surface area contributed by atoms with E-state index >= 15 is 0 Å². The number of benzene rings is 2. The Hall–Kier alpha value is -2.40. The van der Waals surface area contributed by atoms with Gasteiger partial charge in [0.1, 0.15) is 5.82 Å². The standard InChI is InChI=1S/C16H17FN2O2/c1-19(2)10-11-3-6-13(7-4-11)18-15-8-5-12(17)9-14(15)16(20)21/h3-9,18H,10H2,1-2H3,(H,20,21). The first-order chi connectivity index (χ1) is 9.95. The first-order valence-corrected chi connectivity index (χ1v) is 6.49. The van der Waals surface area contributed by atoms with E-state index in [2.05, 4.69) is 10.2 Å². The Morgan fingerprint density at radius 2 is 1.86 bits per heavy atom. The van der Waals surface area contributed by atoms with Crippen molar-refractivity contribution in [3.05, 3.63) is 59.4 Å². The number of nitrogens with zero attached hydrogens (tertiary/aromatic N) is 1. The molecule has 110 valence electrons. The molecule has 0 fully saturated rings. The molecular formula is C16H17FN2O2. The van der Waals surface area contributed by atoms with Crippen LogP contribution in [0.15, 0.2) is 42.5 Å². The summed E-state index contributed by atoms with van der Waals surface area (Å²) in [7, 11) is 3.98. The summed E-state index contributed by atoms with van der Waals surface area (Å²) >= 11 is 0. The molecular weight excluding hydrogens is 271 g/mol. The van der Waals surface area contributed by atoms with E-state index in [1.54, 1.807) is 0 Å². The molecule has 4 nitrogen and oxygen atoms in total. The number of carbonyl (C=O) groups is 1. The largest absolute Gasteiger partial charge is 0.478 e. The fraction of sp³-hybridized carbons (Fsp3) is 0.188. The van der Waals surface area contributed by atoms with Gasteiger partial charge in [-0.25, -0.2) is 9.18 Å². The summed E-state index contributed by atoms with van der Waals surface area (Å²) in [6, 6.07) is 11.3. The maximum atomic E-state index is 13.1. The van der Waals surface area contributed by atoms with E-state index in [0.717, 1.165) is 23.9 Å². The molecule has 0 saturated carbocycles. The highest BCUT2D eigenvalue weighted by molar-refractivity contribution is 5.95. The molecule has 2 aromatic carbocycles. The summed E-state index contributed by atoms with van der Waals surface area (Å²) in [5, 5.41) is 12.1.